The fourth-order valence-electron chi connectivity index (χ4n) is 5.03. The second-order valence-corrected chi connectivity index (χ2v) is 9.48. The number of nitrogens with zero attached hydrogens (tertiary/aromatic N) is 3. The Morgan fingerprint density at radius 3 is 2.05 bits per heavy atom. The van der Waals surface area contributed by atoms with Gasteiger partial charge in [-0.15, -0.1) is 12.1 Å². The van der Waals surface area contributed by atoms with Crippen molar-refractivity contribution < 1.29 is 39.4 Å². The molecule has 7 aromatic rings. The fourth-order valence-corrected chi connectivity index (χ4v) is 5.03. The summed E-state index contributed by atoms with van der Waals surface area (Å²) in [5.41, 5.74) is 3.58. The van der Waals surface area contributed by atoms with Crippen LogP contribution in [0.25, 0.3) is 43.9 Å². The molecule has 204 valence electrons. The second-order valence-electron chi connectivity index (χ2n) is 9.48. The van der Waals surface area contributed by atoms with E-state index in [1.807, 2.05) is 103 Å². The fraction of sp³-hybridized carbons (Fsp3) is 0.0303. The van der Waals surface area contributed by atoms with E-state index in [9.17, 15) is 0 Å². The van der Waals surface area contributed by atoms with Crippen molar-refractivity contribution in [2.45, 2.75) is 0 Å². The maximum atomic E-state index is 6.73. The Morgan fingerprint density at radius 2 is 1.39 bits per heavy atom. The Morgan fingerprint density at radius 1 is 0.732 bits per heavy atom. The smallest absolute Gasteiger partial charge is 0.216 e. The summed E-state index contributed by atoms with van der Waals surface area (Å²) in [6.07, 6.45) is 5.60. The average Bonchev–Trinajstić information content (AvgIpc) is 3.68. The molecule has 4 heterocycles. The summed E-state index contributed by atoms with van der Waals surface area (Å²) in [6, 6.07) is 31.8. The van der Waals surface area contributed by atoms with Crippen LogP contribution in [0.15, 0.2) is 106 Å². The monoisotopic (exact) mass is 717 g/mol. The molecule has 0 amide bonds. The molecule has 4 aromatic carbocycles. The zero-order valence-electron chi connectivity index (χ0n) is 21.6. The first kappa shape index (κ1) is 25.2. The van der Waals surface area contributed by atoms with Crippen LogP contribution in [0.3, 0.4) is 0 Å². The van der Waals surface area contributed by atoms with Gasteiger partial charge in [0.25, 0.3) is 0 Å². The van der Waals surface area contributed by atoms with Crippen molar-refractivity contribution in [3.63, 3.8) is 0 Å². The summed E-state index contributed by atoms with van der Waals surface area (Å²) < 4.78 is 25.3. The zero-order valence-corrected chi connectivity index (χ0v) is 23.9. The molecule has 8 heteroatoms. The Hall–Kier alpha value is -4.74. The molecule has 1 aliphatic heterocycles. The van der Waals surface area contributed by atoms with Crippen molar-refractivity contribution in [2.24, 2.45) is 0 Å². The van der Waals surface area contributed by atoms with Crippen LogP contribution in [-0.4, -0.2) is 16.9 Å². The first-order valence-electron chi connectivity index (χ1n) is 12.7. The van der Waals surface area contributed by atoms with Gasteiger partial charge in [-0.25, -0.2) is 4.98 Å². The van der Waals surface area contributed by atoms with E-state index < -0.39 is 0 Å². The van der Waals surface area contributed by atoms with Gasteiger partial charge in [-0.05, 0) is 59.2 Å². The normalized spacial score (nSPS) is 13.0. The number of anilines is 1. The number of benzene rings is 4. The van der Waals surface area contributed by atoms with Crippen LogP contribution in [0, 0.1) is 18.8 Å². The summed E-state index contributed by atoms with van der Waals surface area (Å²) in [5.74, 6) is 1.82. The first-order valence-corrected chi connectivity index (χ1v) is 12.7. The number of furan rings is 2. The summed E-state index contributed by atoms with van der Waals surface area (Å²) in [6.45, 7) is 1.96. The summed E-state index contributed by atoms with van der Waals surface area (Å²) >= 11 is 0. The van der Waals surface area contributed by atoms with Crippen LogP contribution in [-0.2, 0) is 21.1 Å². The quantitative estimate of drug-likeness (QED) is 0.166. The van der Waals surface area contributed by atoms with Crippen molar-refractivity contribution in [1.82, 2.24) is 9.88 Å². The van der Waals surface area contributed by atoms with Gasteiger partial charge in [0.15, 0.2) is 0 Å². The van der Waals surface area contributed by atoms with E-state index in [1.165, 1.54) is 0 Å². The van der Waals surface area contributed by atoms with E-state index in [-0.39, 0.29) is 21.1 Å². The molecular weight excluding hydrogens is 697 g/mol. The Kier molecular flexibility index (Phi) is 6.17. The van der Waals surface area contributed by atoms with E-state index in [1.54, 1.807) is 18.3 Å². The molecule has 8 rings (SSSR count). The van der Waals surface area contributed by atoms with Crippen LogP contribution in [0.5, 0.6) is 23.1 Å². The van der Waals surface area contributed by atoms with Crippen LogP contribution >= 0.6 is 0 Å². The van der Waals surface area contributed by atoms with Crippen LogP contribution in [0.2, 0.25) is 0 Å². The number of hydrogen-bond donors (Lipinski definition) is 0. The largest absolute Gasteiger partial charge is 0.510 e. The standard InChI is InChI=1S/C33H20N3O4.Pt/c1-35-14-15-36(20-35)21-16-27-32(23-8-2-4-10-25(23)38-27)28(17-21)40-30-19-22(37-31-12-6-7-13-34-31)18-29-33(30)24-9-3-5-11-26(24)39-29;/h2-16,18,20H,1H3;/q-3;. The number of fused-ring (bicyclic) bond motifs is 6. The van der Waals surface area contributed by atoms with E-state index in [2.05, 4.69) is 17.1 Å². The maximum Gasteiger partial charge on any atom is 0.216 e. The predicted molar refractivity (Wildman–Crippen MR) is 153 cm³/mol. The summed E-state index contributed by atoms with van der Waals surface area (Å²) in [4.78, 5) is 8.22. The Labute approximate surface area is 249 Å². The Bertz CT molecular complexity index is 2080. The van der Waals surface area contributed by atoms with Crippen molar-refractivity contribution in [3.8, 4) is 23.1 Å². The SMILES string of the molecule is CN1C=CN(c2[c-]c(Oc3[c-]c(Oc4ccccn4)cc4oc5ccccc5c34)c3c(c2)oc2ccccc23)[CH-]1.[Pt]. The molecule has 0 radical (unpaired) electrons. The summed E-state index contributed by atoms with van der Waals surface area (Å²) in [5, 5.41) is 3.45. The average molecular weight is 718 g/mol. The van der Waals surface area contributed by atoms with Gasteiger partial charge in [-0.3, -0.25) is 0 Å². The first-order chi connectivity index (χ1) is 19.7. The van der Waals surface area contributed by atoms with E-state index in [0.717, 1.165) is 38.4 Å². The molecule has 0 spiro atoms. The molecule has 1 aliphatic rings. The van der Waals surface area contributed by atoms with Gasteiger partial charge >= 0.3 is 0 Å². The van der Waals surface area contributed by atoms with Crippen LogP contribution < -0.4 is 14.4 Å². The van der Waals surface area contributed by atoms with Crippen molar-refractivity contribution in [3.05, 3.63) is 116 Å². The molecule has 0 N–H and O–H groups in total. The number of para-hydroxylation sites is 2. The van der Waals surface area contributed by atoms with Crippen LogP contribution in [0.1, 0.15) is 0 Å². The van der Waals surface area contributed by atoms with Gasteiger partial charge in [0.1, 0.15) is 11.2 Å². The molecule has 3 aromatic heterocycles. The minimum absolute atomic E-state index is 0. The van der Waals surface area contributed by atoms with Gasteiger partial charge in [0, 0.05) is 61.7 Å². The molecule has 0 saturated heterocycles. The number of aromatic nitrogens is 1. The number of ether oxygens (including phenoxy) is 2. The molecule has 41 heavy (non-hydrogen) atoms. The molecule has 0 bridgehead atoms. The minimum Gasteiger partial charge on any atom is -0.510 e. The van der Waals surface area contributed by atoms with Crippen molar-refractivity contribution in [2.75, 3.05) is 11.9 Å². The number of rotatable bonds is 5. The van der Waals surface area contributed by atoms with Gasteiger partial charge in [0.2, 0.25) is 5.88 Å². The van der Waals surface area contributed by atoms with E-state index >= 15 is 0 Å². The summed E-state index contributed by atoms with van der Waals surface area (Å²) in [7, 11) is 1.97. The minimum atomic E-state index is 0. The molecule has 0 unspecified atom stereocenters. The third-order valence-electron chi connectivity index (χ3n) is 6.81. The molecular formula is C33H20N3O4Pt-3. The molecule has 0 fully saturated rings. The third kappa shape index (κ3) is 4.39. The van der Waals surface area contributed by atoms with Gasteiger partial charge in [-0.2, -0.15) is 6.67 Å². The van der Waals surface area contributed by atoms with Crippen LogP contribution in [0.4, 0.5) is 5.69 Å². The number of pyridine rings is 1. The van der Waals surface area contributed by atoms with Gasteiger partial charge in [0.05, 0.1) is 0 Å². The molecule has 0 saturated carbocycles. The van der Waals surface area contributed by atoms with Crippen molar-refractivity contribution >= 4 is 49.6 Å². The molecule has 0 aliphatic carbocycles. The predicted octanol–water partition coefficient (Wildman–Crippen LogP) is 8.41. The van der Waals surface area contributed by atoms with E-state index in [4.69, 9.17) is 18.3 Å². The second kappa shape index (κ2) is 10.0. The molecule has 0 atom stereocenters. The zero-order chi connectivity index (χ0) is 26.6. The van der Waals surface area contributed by atoms with Gasteiger partial charge in [-0.1, -0.05) is 60.3 Å². The van der Waals surface area contributed by atoms with Crippen molar-refractivity contribution in [1.29, 1.82) is 0 Å². The van der Waals surface area contributed by atoms with Gasteiger partial charge < -0.3 is 28.1 Å². The third-order valence-corrected chi connectivity index (χ3v) is 6.81. The molecule has 7 nitrogen and oxygen atoms in total. The number of hydrogen-bond acceptors (Lipinski definition) is 7. The van der Waals surface area contributed by atoms with E-state index in [0.29, 0.717) is 34.3 Å². The topological polar surface area (TPSA) is 64.1 Å². The maximum absolute atomic E-state index is 6.73. The Balaban J connectivity index is 0.00000276.